The van der Waals surface area contributed by atoms with Gasteiger partial charge >= 0.3 is 0 Å². The molecule has 7 heteroatoms. The Hall–Kier alpha value is -2.54. The molecule has 0 aromatic heterocycles. The monoisotopic (exact) mass is 462 g/mol. The highest BCUT2D eigenvalue weighted by Gasteiger charge is 2.11. The van der Waals surface area contributed by atoms with Crippen molar-refractivity contribution >= 4 is 27.7 Å². The second-order valence-electron chi connectivity index (χ2n) is 6.42. The Morgan fingerprint density at radius 3 is 2.14 bits per heavy atom. The van der Waals surface area contributed by atoms with Crippen LogP contribution in [-0.4, -0.2) is 25.0 Å². The van der Waals surface area contributed by atoms with Gasteiger partial charge in [0.1, 0.15) is 11.5 Å². The normalized spacial score (nSPS) is 10.3. The maximum atomic E-state index is 12.2. The van der Waals surface area contributed by atoms with Gasteiger partial charge in [-0.25, -0.2) is 0 Å². The molecule has 0 saturated carbocycles. The molecule has 2 aromatic carbocycles. The number of benzene rings is 2. The van der Waals surface area contributed by atoms with E-state index < -0.39 is 11.8 Å². The number of hydrogen-bond donors (Lipinski definition) is 2. The van der Waals surface area contributed by atoms with Gasteiger partial charge in [-0.3, -0.25) is 20.4 Å². The van der Waals surface area contributed by atoms with Crippen LogP contribution in [0.2, 0.25) is 0 Å². The molecular formula is C22H27BrN2O4. The molecule has 0 aliphatic carbocycles. The second kappa shape index (κ2) is 12.1. The van der Waals surface area contributed by atoms with Crippen molar-refractivity contribution in [3.8, 4) is 11.5 Å². The van der Waals surface area contributed by atoms with Crippen LogP contribution in [-0.2, 0) is 0 Å². The Labute approximate surface area is 180 Å². The highest BCUT2D eigenvalue weighted by Crippen LogP contribution is 2.25. The zero-order valence-corrected chi connectivity index (χ0v) is 18.4. The average molecular weight is 463 g/mol. The van der Waals surface area contributed by atoms with Gasteiger partial charge in [-0.2, -0.15) is 0 Å². The molecule has 0 spiro atoms. The van der Waals surface area contributed by atoms with Gasteiger partial charge in [-0.1, -0.05) is 26.2 Å². The van der Waals surface area contributed by atoms with Crippen LogP contribution in [0.25, 0.3) is 0 Å². The zero-order valence-electron chi connectivity index (χ0n) is 16.8. The topological polar surface area (TPSA) is 76.7 Å². The molecule has 0 heterocycles. The summed E-state index contributed by atoms with van der Waals surface area (Å²) >= 11 is 3.37. The lowest BCUT2D eigenvalue weighted by Crippen LogP contribution is -2.41. The molecule has 0 fully saturated rings. The van der Waals surface area contributed by atoms with Crippen molar-refractivity contribution in [2.24, 2.45) is 0 Å². The maximum absolute atomic E-state index is 12.2. The van der Waals surface area contributed by atoms with Crippen LogP contribution >= 0.6 is 15.9 Å². The number of carbonyl (C=O) groups is 2. The fraction of sp³-hybridized carbons (Fsp3) is 0.364. The molecule has 156 valence electrons. The highest BCUT2D eigenvalue weighted by atomic mass is 79.9. The van der Waals surface area contributed by atoms with Gasteiger partial charge in [0.05, 0.1) is 17.7 Å². The number of carbonyl (C=O) groups excluding carboxylic acids is 2. The number of nitrogens with one attached hydrogen (secondary N) is 2. The van der Waals surface area contributed by atoms with Gasteiger partial charge in [0.2, 0.25) is 0 Å². The van der Waals surface area contributed by atoms with E-state index in [1.54, 1.807) is 42.5 Å². The Bertz CT molecular complexity index is 809. The summed E-state index contributed by atoms with van der Waals surface area (Å²) in [6, 6.07) is 11.8. The molecule has 0 unspecified atom stereocenters. The minimum atomic E-state index is -0.422. The average Bonchev–Trinajstić information content (AvgIpc) is 2.73. The third-order valence-electron chi connectivity index (χ3n) is 4.17. The molecule has 0 saturated heterocycles. The van der Waals surface area contributed by atoms with E-state index in [2.05, 4.69) is 33.7 Å². The van der Waals surface area contributed by atoms with Crippen molar-refractivity contribution in [2.75, 3.05) is 13.2 Å². The number of amides is 2. The first kappa shape index (κ1) is 22.7. The highest BCUT2D eigenvalue weighted by molar-refractivity contribution is 9.10. The summed E-state index contributed by atoms with van der Waals surface area (Å²) in [6.45, 7) is 5.25. The summed E-state index contributed by atoms with van der Waals surface area (Å²) in [5.74, 6) is 0.550. The van der Waals surface area contributed by atoms with E-state index in [0.717, 1.165) is 18.6 Å². The third-order valence-corrected chi connectivity index (χ3v) is 4.79. The predicted molar refractivity (Wildman–Crippen MR) is 116 cm³/mol. The van der Waals surface area contributed by atoms with Crippen molar-refractivity contribution in [2.45, 2.75) is 39.5 Å². The summed E-state index contributed by atoms with van der Waals surface area (Å²) in [5, 5.41) is 0. The minimum Gasteiger partial charge on any atom is -0.494 e. The molecule has 2 N–H and O–H groups in total. The largest absolute Gasteiger partial charge is 0.494 e. The van der Waals surface area contributed by atoms with Crippen molar-refractivity contribution in [3.05, 3.63) is 58.1 Å². The molecule has 6 nitrogen and oxygen atoms in total. The van der Waals surface area contributed by atoms with Crippen LogP contribution in [0, 0.1) is 0 Å². The Balaban J connectivity index is 1.82. The standard InChI is InChI=1S/C22H27BrN2O4/c1-3-5-6-7-14-29-18-11-8-16(9-12-18)21(26)24-25-22(27)17-10-13-20(28-4-2)19(23)15-17/h8-13,15H,3-7,14H2,1-2H3,(H,24,26)(H,25,27). The van der Waals surface area contributed by atoms with Gasteiger partial charge in [-0.15, -0.1) is 0 Å². The van der Waals surface area contributed by atoms with Gasteiger partial charge in [-0.05, 0) is 71.7 Å². The lowest BCUT2D eigenvalue weighted by Gasteiger charge is -2.10. The van der Waals surface area contributed by atoms with E-state index in [1.807, 2.05) is 6.92 Å². The Morgan fingerprint density at radius 1 is 0.862 bits per heavy atom. The van der Waals surface area contributed by atoms with Crippen LogP contribution in [0.3, 0.4) is 0 Å². The molecule has 0 aliphatic heterocycles. The SMILES string of the molecule is CCCCCCOc1ccc(C(=O)NNC(=O)c2ccc(OCC)c(Br)c2)cc1. The van der Waals surface area contributed by atoms with Crippen molar-refractivity contribution in [1.82, 2.24) is 10.9 Å². The molecule has 0 atom stereocenters. The smallest absolute Gasteiger partial charge is 0.269 e. The number of hydrogen-bond acceptors (Lipinski definition) is 4. The van der Waals surface area contributed by atoms with Crippen molar-refractivity contribution in [1.29, 1.82) is 0 Å². The number of unbranched alkanes of at least 4 members (excludes halogenated alkanes) is 3. The summed E-state index contributed by atoms with van der Waals surface area (Å²) in [7, 11) is 0. The Morgan fingerprint density at radius 2 is 1.52 bits per heavy atom. The lowest BCUT2D eigenvalue weighted by molar-refractivity contribution is 0.0846. The predicted octanol–water partition coefficient (Wildman–Crippen LogP) is 4.88. The van der Waals surface area contributed by atoms with E-state index in [9.17, 15) is 9.59 Å². The van der Waals surface area contributed by atoms with Crippen LogP contribution in [0.15, 0.2) is 46.9 Å². The quantitative estimate of drug-likeness (QED) is 0.389. The van der Waals surface area contributed by atoms with Crippen molar-refractivity contribution in [3.63, 3.8) is 0 Å². The summed E-state index contributed by atoms with van der Waals surface area (Å²) in [4.78, 5) is 24.5. The van der Waals surface area contributed by atoms with Crippen LogP contribution in [0.1, 0.15) is 60.2 Å². The molecule has 29 heavy (non-hydrogen) atoms. The molecule has 0 aliphatic rings. The molecular weight excluding hydrogens is 436 g/mol. The minimum absolute atomic E-state index is 0.396. The van der Waals surface area contributed by atoms with E-state index >= 15 is 0 Å². The summed E-state index contributed by atoms with van der Waals surface area (Å²) in [5.41, 5.74) is 5.65. The molecule has 2 aromatic rings. The maximum Gasteiger partial charge on any atom is 0.269 e. The zero-order chi connectivity index (χ0) is 21.1. The van der Waals surface area contributed by atoms with E-state index in [4.69, 9.17) is 9.47 Å². The first-order chi connectivity index (χ1) is 14.0. The van der Waals surface area contributed by atoms with Crippen molar-refractivity contribution < 1.29 is 19.1 Å². The molecule has 0 bridgehead atoms. The fourth-order valence-electron chi connectivity index (χ4n) is 2.59. The molecule has 2 amide bonds. The van der Waals surface area contributed by atoms with E-state index in [-0.39, 0.29) is 0 Å². The van der Waals surface area contributed by atoms with Gasteiger partial charge < -0.3 is 9.47 Å². The number of ether oxygens (including phenoxy) is 2. The summed E-state index contributed by atoms with van der Waals surface area (Å²) in [6.07, 6.45) is 4.57. The van der Waals surface area contributed by atoms with Gasteiger partial charge in [0.15, 0.2) is 0 Å². The fourth-order valence-corrected chi connectivity index (χ4v) is 3.09. The number of halogens is 1. The molecule has 0 radical (unpaired) electrons. The number of hydrazine groups is 1. The Kier molecular flexibility index (Phi) is 9.50. The lowest BCUT2D eigenvalue weighted by atomic mass is 10.2. The number of rotatable bonds is 10. The second-order valence-corrected chi connectivity index (χ2v) is 7.27. The van der Waals surface area contributed by atoms with Crippen LogP contribution in [0.4, 0.5) is 0 Å². The van der Waals surface area contributed by atoms with Crippen LogP contribution in [0.5, 0.6) is 11.5 Å². The van der Waals surface area contributed by atoms with Gasteiger partial charge in [0.25, 0.3) is 11.8 Å². The summed E-state index contributed by atoms with van der Waals surface area (Å²) < 4.78 is 11.8. The third kappa shape index (κ3) is 7.42. The first-order valence-corrected chi connectivity index (χ1v) is 10.6. The van der Waals surface area contributed by atoms with Gasteiger partial charge in [0, 0.05) is 11.1 Å². The van der Waals surface area contributed by atoms with E-state index in [0.29, 0.717) is 34.6 Å². The van der Waals surface area contributed by atoms with Crippen LogP contribution < -0.4 is 20.3 Å². The van der Waals surface area contributed by atoms with E-state index in [1.165, 1.54) is 12.8 Å². The first-order valence-electron chi connectivity index (χ1n) is 9.81. The molecule has 2 rings (SSSR count).